The van der Waals surface area contributed by atoms with Crippen molar-refractivity contribution >= 4 is 38.4 Å². The summed E-state index contributed by atoms with van der Waals surface area (Å²) in [5, 5.41) is 9.54. The van der Waals surface area contributed by atoms with E-state index >= 15 is 0 Å². The van der Waals surface area contributed by atoms with E-state index < -0.39 is 22.0 Å². The van der Waals surface area contributed by atoms with Crippen molar-refractivity contribution < 1.29 is 22.7 Å². The van der Waals surface area contributed by atoms with Gasteiger partial charge in [0.1, 0.15) is 21.9 Å². The summed E-state index contributed by atoms with van der Waals surface area (Å²) in [4.78, 5) is 19.5. The number of carboxylic acid groups (broad SMARTS) is 1. The number of benzene rings is 2. The van der Waals surface area contributed by atoms with E-state index in [-0.39, 0.29) is 16.4 Å². The molecule has 0 aliphatic carbocycles. The van der Waals surface area contributed by atoms with Gasteiger partial charge in [0, 0.05) is 12.0 Å². The predicted octanol–water partition coefficient (Wildman–Crippen LogP) is 3.14. The number of aromatic amines is 1. The summed E-state index contributed by atoms with van der Waals surface area (Å²) < 4.78 is 40.6. The van der Waals surface area contributed by atoms with E-state index in [1.54, 1.807) is 18.2 Å². The smallest absolute Gasteiger partial charge is 0.322 e. The van der Waals surface area contributed by atoms with Gasteiger partial charge in [-0.05, 0) is 48.5 Å². The molecule has 1 unspecified atom stereocenters. The molecule has 4 aromatic rings. The van der Waals surface area contributed by atoms with Crippen LogP contribution in [0, 0.1) is 17.7 Å². The van der Waals surface area contributed by atoms with Gasteiger partial charge in [-0.3, -0.25) is 4.79 Å². The van der Waals surface area contributed by atoms with Gasteiger partial charge < -0.3 is 10.1 Å². The van der Waals surface area contributed by atoms with E-state index in [1.165, 1.54) is 36.4 Å². The van der Waals surface area contributed by atoms with Crippen LogP contribution in [0.2, 0.25) is 0 Å². The van der Waals surface area contributed by atoms with E-state index in [4.69, 9.17) is 0 Å². The number of nitrogens with one attached hydrogen (secondary N) is 2. The lowest BCUT2D eigenvalue weighted by atomic mass is 10.2. The highest BCUT2D eigenvalue weighted by molar-refractivity contribution is 7.91. The number of hydrogen-bond acceptors (Lipinski definition) is 5. The van der Waals surface area contributed by atoms with Crippen LogP contribution in [-0.2, 0) is 21.2 Å². The summed E-state index contributed by atoms with van der Waals surface area (Å²) in [6.07, 6.45) is -0.147. The Balaban J connectivity index is 1.50. The number of sulfonamides is 1. The lowest BCUT2D eigenvalue weighted by Crippen LogP contribution is -2.42. The van der Waals surface area contributed by atoms with Crippen LogP contribution in [0.15, 0.2) is 64.9 Å². The minimum absolute atomic E-state index is 0.0586. The number of halogens is 1. The maximum absolute atomic E-state index is 13.0. The fourth-order valence-corrected chi connectivity index (χ4v) is 5.28. The van der Waals surface area contributed by atoms with Gasteiger partial charge in [-0.25, -0.2) is 17.8 Å². The van der Waals surface area contributed by atoms with Crippen LogP contribution in [0.3, 0.4) is 0 Å². The van der Waals surface area contributed by atoms with Gasteiger partial charge in [0.25, 0.3) is 10.0 Å². The molecule has 3 N–H and O–H groups in total. The maximum Gasteiger partial charge on any atom is 0.322 e. The molecule has 1 atom stereocenters. The summed E-state index contributed by atoms with van der Waals surface area (Å²) in [5.41, 5.74) is 1.98. The van der Waals surface area contributed by atoms with Crippen LogP contribution in [0.25, 0.3) is 11.0 Å². The first-order chi connectivity index (χ1) is 15.3. The van der Waals surface area contributed by atoms with Gasteiger partial charge in [0.05, 0.1) is 15.9 Å². The number of hydrogen-bond donors (Lipinski definition) is 3. The first-order valence-electron chi connectivity index (χ1n) is 9.36. The van der Waals surface area contributed by atoms with Crippen molar-refractivity contribution in [3.63, 3.8) is 0 Å². The summed E-state index contributed by atoms with van der Waals surface area (Å²) in [6.45, 7) is 0. The zero-order chi connectivity index (χ0) is 22.7. The number of imidazole rings is 1. The van der Waals surface area contributed by atoms with Gasteiger partial charge in [0.15, 0.2) is 0 Å². The van der Waals surface area contributed by atoms with E-state index in [2.05, 4.69) is 26.5 Å². The van der Waals surface area contributed by atoms with E-state index in [0.29, 0.717) is 21.8 Å². The second kappa shape index (κ2) is 8.92. The molecule has 32 heavy (non-hydrogen) atoms. The van der Waals surface area contributed by atoms with Gasteiger partial charge in [-0.2, -0.15) is 4.72 Å². The molecule has 0 aliphatic heterocycles. The van der Waals surface area contributed by atoms with Crippen LogP contribution < -0.4 is 4.72 Å². The Hall–Kier alpha value is -3.52. The van der Waals surface area contributed by atoms with E-state index in [1.807, 2.05) is 6.07 Å². The normalized spacial score (nSPS) is 12.3. The average molecular weight is 470 g/mol. The number of para-hydroxylation sites is 2. The zero-order valence-electron chi connectivity index (χ0n) is 16.4. The quantitative estimate of drug-likeness (QED) is 0.376. The first kappa shape index (κ1) is 21.7. The monoisotopic (exact) mass is 469 g/mol. The van der Waals surface area contributed by atoms with Crippen molar-refractivity contribution in [1.29, 1.82) is 0 Å². The highest BCUT2D eigenvalue weighted by atomic mass is 32.2. The number of fused-ring (bicyclic) bond motifs is 1. The molecule has 0 saturated carbocycles. The van der Waals surface area contributed by atoms with Crippen molar-refractivity contribution in [2.45, 2.75) is 16.7 Å². The van der Waals surface area contributed by atoms with Crippen molar-refractivity contribution in [3.05, 3.63) is 82.7 Å². The maximum atomic E-state index is 13.0. The summed E-state index contributed by atoms with van der Waals surface area (Å²) in [7, 11) is -4.09. The van der Waals surface area contributed by atoms with Gasteiger partial charge in [-0.1, -0.05) is 24.0 Å². The molecule has 2 heterocycles. The minimum Gasteiger partial charge on any atom is -0.480 e. The molecule has 10 heteroatoms. The molecule has 0 bridgehead atoms. The Morgan fingerprint density at radius 1 is 1.12 bits per heavy atom. The number of carboxylic acids is 1. The van der Waals surface area contributed by atoms with Crippen LogP contribution in [-0.4, -0.2) is 35.5 Å². The highest BCUT2D eigenvalue weighted by Gasteiger charge is 2.27. The third-order valence-corrected chi connectivity index (χ3v) is 7.42. The topological polar surface area (TPSA) is 112 Å². The van der Waals surface area contributed by atoms with Gasteiger partial charge in [0.2, 0.25) is 0 Å². The third kappa shape index (κ3) is 5.03. The number of rotatable bonds is 6. The molecule has 0 amide bonds. The largest absolute Gasteiger partial charge is 0.480 e. The molecule has 0 aliphatic rings. The molecule has 0 fully saturated rings. The number of aliphatic carboxylic acids is 1. The van der Waals surface area contributed by atoms with Crippen molar-refractivity contribution in [3.8, 4) is 11.8 Å². The molecule has 7 nitrogen and oxygen atoms in total. The molecule has 162 valence electrons. The molecule has 2 aromatic carbocycles. The Morgan fingerprint density at radius 2 is 1.88 bits per heavy atom. The highest BCUT2D eigenvalue weighted by Crippen LogP contribution is 2.22. The lowest BCUT2D eigenvalue weighted by Gasteiger charge is -2.12. The number of nitrogens with zero attached hydrogens (tertiary/aromatic N) is 1. The predicted molar refractivity (Wildman–Crippen MR) is 118 cm³/mol. The van der Waals surface area contributed by atoms with E-state index in [0.717, 1.165) is 16.9 Å². The average Bonchev–Trinajstić information content (AvgIpc) is 3.39. The number of aromatic nitrogens is 2. The standard InChI is InChI=1S/C22H16FN3O4S2/c23-15-8-5-14(6-9-15)7-10-16-11-12-21(31-16)32(29,30)26-19(22(27)28)13-20-24-17-3-1-2-4-18(17)25-20/h1-6,8-9,11-12,19,26H,13H2,(H,24,25)(H,27,28). The summed E-state index contributed by atoms with van der Waals surface area (Å²) in [5.74, 6) is 4.32. The number of thiophene rings is 1. The van der Waals surface area contributed by atoms with E-state index in [9.17, 15) is 22.7 Å². The van der Waals surface area contributed by atoms with Crippen molar-refractivity contribution in [2.75, 3.05) is 0 Å². The van der Waals surface area contributed by atoms with Gasteiger partial charge in [-0.15, -0.1) is 11.3 Å². The second-order valence-corrected chi connectivity index (χ2v) is 9.82. The molecule has 0 saturated heterocycles. The fraction of sp³-hybridized carbons (Fsp3) is 0.0909. The van der Waals surface area contributed by atoms with Crippen LogP contribution in [0.5, 0.6) is 0 Å². The Labute approximate surface area is 187 Å². The van der Waals surface area contributed by atoms with Crippen LogP contribution in [0.4, 0.5) is 4.39 Å². The number of H-pyrrole nitrogens is 1. The molecule has 2 aromatic heterocycles. The van der Waals surface area contributed by atoms with Crippen molar-refractivity contribution in [2.24, 2.45) is 0 Å². The lowest BCUT2D eigenvalue weighted by molar-refractivity contribution is -0.138. The molecule has 0 radical (unpaired) electrons. The molecular formula is C22H16FN3O4S2. The van der Waals surface area contributed by atoms with Crippen molar-refractivity contribution in [1.82, 2.24) is 14.7 Å². The second-order valence-electron chi connectivity index (χ2n) is 6.79. The molecule has 0 spiro atoms. The third-order valence-electron chi connectivity index (χ3n) is 4.45. The van der Waals surface area contributed by atoms with Crippen LogP contribution >= 0.6 is 11.3 Å². The number of carbonyl (C=O) groups is 1. The molecule has 4 rings (SSSR count). The Kier molecular flexibility index (Phi) is 6.05. The Bertz CT molecular complexity index is 1410. The van der Waals surface area contributed by atoms with Gasteiger partial charge >= 0.3 is 5.97 Å². The fourth-order valence-electron chi connectivity index (χ4n) is 2.92. The minimum atomic E-state index is -4.09. The van der Waals surface area contributed by atoms with Crippen LogP contribution in [0.1, 0.15) is 16.3 Å². The SMILES string of the molecule is O=C(O)C(Cc1nc2ccccc2[nH]1)NS(=O)(=O)c1ccc(C#Cc2ccc(F)cc2)s1. The summed E-state index contributed by atoms with van der Waals surface area (Å²) in [6, 6.07) is 14.3. The molecular weight excluding hydrogens is 453 g/mol. The summed E-state index contributed by atoms with van der Waals surface area (Å²) >= 11 is 0.912. The Morgan fingerprint density at radius 3 is 2.59 bits per heavy atom. The first-order valence-corrected chi connectivity index (χ1v) is 11.7. The zero-order valence-corrected chi connectivity index (χ0v) is 18.0.